The summed E-state index contributed by atoms with van der Waals surface area (Å²) in [4.78, 5) is 26.3. The number of esters is 1. The van der Waals surface area contributed by atoms with Crippen molar-refractivity contribution in [2.24, 2.45) is 0 Å². The van der Waals surface area contributed by atoms with Gasteiger partial charge in [-0.1, -0.05) is 6.07 Å². The molecule has 2 aromatic rings. The molecule has 0 saturated heterocycles. The molecule has 0 heterocycles. The maximum atomic E-state index is 12.2. The van der Waals surface area contributed by atoms with E-state index < -0.39 is 5.97 Å². The van der Waals surface area contributed by atoms with Crippen LogP contribution >= 0.6 is 0 Å². The van der Waals surface area contributed by atoms with Crippen molar-refractivity contribution in [3.05, 3.63) is 53.6 Å². The number of hydrogen-bond acceptors (Lipinski definition) is 6. The van der Waals surface area contributed by atoms with Gasteiger partial charge in [0.05, 0.1) is 19.8 Å². The van der Waals surface area contributed by atoms with Crippen molar-refractivity contribution in [1.29, 1.82) is 0 Å². The second-order valence-electron chi connectivity index (χ2n) is 6.58. The Morgan fingerprint density at radius 3 is 2.20 bits per heavy atom. The lowest BCUT2D eigenvalue weighted by atomic mass is 10.1. The molecule has 2 rings (SSSR count). The van der Waals surface area contributed by atoms with E-state index in [-0.39, 0.29) is 12.5 Å². The normalized spacial score (nSPS) is 10.3. The van der Waals surface area contributed by atoms with E-state index in [1.807, 2.05) is 30.3 Å². The Kier molecular flexibility index (Phi) is 9.00. The van der Waals surface area contributed by atoms with E-state index in [9.17, 15) is 9.59 Å². The molecule has 0 fully saturated rings. The van der Waals surface area contributed by atoms with Crippen molar-refractivity contribution in [3.8, 4) is 11.5 Å². The quantitative estimate of drug-likeness (QED) is 0.570. The average Bonchev–Trinajstić information content (AvgIpc) is 2.78. The summed E-state index contributed by atoms with van der Waals surface area (Å²) >= 11 is 0. The zero-order valence-electron chi connectivity index (χ0n) is 18.1. The molecule has 2 aromatic carbocycles. The molecule has 30 heavy (non-hydrogen) atoms. The second-order valence-corrected chi connectivity index (χ2v) is 6.58. The summed E-state index contributed by atoms with van der Waals surface area (Å²) in [5.74, 6) is 0.435. The predicted molar refractivity (Wildman–Crippen MR) is 117 cm³/mol. The molecule has 0 unspecified atom stereocenters. The van der Waals surface area contributed by atoms with Gasteiger partial charge in [-0.3, -0.25) is 4.79 Å². The first-order valence-corrected chi connectivity index (χ1v) is 10.0. The average molecular weight is 415 g/mol. The number of carbonyl (C=O) groups excluding carboxylic acids is 2. The minimum atomic E-state index is -0.517. The molecule has 7 heteroatoms. The van der Waals surface area contributed by atoms with Crippen LogP contribution in [0.15, 0.2) is 42.5 Å². The Morgan fingerprint density at radius 1 is 0.933 bits per heavy atom. The third-order valence-electron chi connectivity index (χ3n) is 4.75. The standard InChI is InChI=1S/C23H30N2O5/c1-5-25(6-2)19-10-8-18(9-11-19)23(27)30-16-22(26)24-14-13-17-7-12-20(28-3)21(15-17)29-4/h7-12,15H,5-6,13-14,16H2,1-4H3,(H,24,26). The number of amides is 1. The highest BCUT2D eigenvalue weighted by molar-refractivity contribution is 5.91. The Balaban J connectivity index is 1.77. The zero-order chi connectivity index (χ0) is 21.9. The van der Waals surface area contributed by atoms with Gasteiger partial charge in [-0.15, -0.1) is 0 Å². The van der Waals surface area contributed by atoms with Crippen LogP contribution in [0.2, 0.25) is 0 Å². The number of benzene rings is 2. The summed E-state index contributed by atoms with van der Waals surface area (Å²) < 4.78 is 15.6. The number of methoxy groups -OCH3 is 2. The predicted octanol–water partition coefficient (Wildman–Crippen LogP) is 3.07. The van der Waals surface area contributed by atoms with E-state index in [4.69, 9.17) is 14.2 Å². The number of ether oxygens (including phenoxy) is 3. The topological polar surface area (TPSA) is 77.1 Å². The summed E-state index contributed by atoms with van der Waals surface area (Å²) in [5, 5.41) is 2.75. The molecule has 0 aliphatic rings. The van der Waals surface area contributed by atoms with Crippen LogP contribution in [-0.2, 0) is 16.0 Å². The van der Waals surface area contributed by atoms with Crippen LogP contribution in [0.1, 0.15) is 29.8 Å². The molecule has 0 aliphatic heterocycles. The zero-order valence-corrected chi connectivity index (χ0v) is 18.1. The highest BCUT2D eigenvalue weighted by atomic mass is 16.5. The molecule has 0 spiro atoms. The number of nitrogens with zero attached hydrogens (tertiary/aromatic N) is 1. The van der Waals surface area contributed by atoms with Gasteiger partial charge < -0.3 is 24.4 Å². The highest BCUT2D eigenvalue weighted by Crippen LogP contribution is 2.27. The molecule has 0 aromatic heterocycles. The summed E-state index contributed by atoms with van der Waals surface area (Å²) in [7, 11) is 3.16. The van der Waals surface area contributed by atoms with E-state index in [1.165, 1.54) is 0 Å². The Labute approximate surface area is 177 Å². The van der Waals surface area contributed by atoms with Crippen LogP contribution in [0.4, 0.5) is 5.69 Å². The van der Waals surface area contributed by atoms with Gasteiger partial charge in [0, 0.05) is 25.3 Å². The monoisotopic (exact) mass is 414 g/mol. The van der Waals surface area contributed by atoms with Gasteiger partial charge in [0.1, 0.15) is 0 Å². The van der Waals surface area contributed by atoms with Crippen molar-refractivity contribution < 1.29 is 23.8 Å². The van der Waals surface area contributed by atoms with Gasteiger partial charge in [0.25, 0.3) is 5.91 Å². The second kappa shape index (κ2) is 11.7. The number of nitrogens with one attached hydrogen (secondary N) is 1. The minimum absolute atomic E-state index is 0.317. The van der Waals surface area contributed by atoms with Crippen molar-refractivity contribution in [1.82, 2.24) is 5.32 Å². The van der Waals surface area contributed by atoms with Crippen LogP contribution in [0, 0.1) is 0 Å². The van der Waals surface area contributed by atoms with Gasteiger partial charge >= 0.3 is 5.97 Å². The lowest BCUT2D eigenvalue weighted by Crippen LogP contribution is -2.30. The van der Waals surface area contributed by atoms with Crippen LogP contribution in [-0.4, -0.2) is 52.3 Å². The van der Waals surface area contributed by atoms with Gasteiger partial charge in [0.2, 0.25) is 0 Å². The first kappa shape index (κ1) is 23.1. The van der Waals surface area contributed by atoms with Gasteiger partial charge in [-0.25, -0.2) is 4.79 Å². The van der Waals surface area contributed by atoms with Crippen LogP contribution in [0.3, 0.4) is 0 Å². The molecule has 0 atom stereocenters. The van der Waals surface area contributed by atoms with Gasteiger partial charge in [-0.05, 0) is 62.2 Å². The summed E-state index contributed by atoms with van der Waals surface area (Å²) in [6, 6.07) is 12.8. The smallest absolute Gasteiger partial charge is 0.338 e. The summed E-state index contributed by atoms with van der Waals surface area (Å²) in [6.45, 7) is 6.05. The van der Waals surface area contributed by atoms with Crippen molar-refractivity contribution in [2.75, 3.05) is 45.4 Å². The van der Waals surface area contributed by atoms with Crippen molar-refractivity contribution in [3.63, 3.8) is 0 Å². The molecule has 0 bridgehead atoms. The largest absolute Gasteiger partial charge is 0.493 e. The number of anilines is 1. The Morgan fingerprint density at radius 2 is 1.60 bits per heavy atom. The molecule has 0 aliphatic carbocycles. The molecular weight excluding hydrogens is 384 g/mol. The SMILES string of the molecule is CCN(CC)c1ccc(C(=O)OCC(=O)NCCc2ccc(OC)c(OC)c2)cc1. The maximum Gasteiger partial charge on any atom is 0.338 e. The first-order valence-electron chi connectivity index (χ1n) is 10.0. The molecule has 0 radical (unpaired) electrons. The summed E-state index contributed by atoms with van der Waals surface area (Å²) in [5.41, 5.74) is 2.46. The molecular formula is C23H30N2O5. The van der Waals surface area contributed by atoms with Crippen molar-refractivity contribution >= 4 is 17.6 Å². The Hall–Kier alpha value is -3.22. The van der Waals surface area contributed by atoms with E-state index in [0.29, 0.717) is 30.0 Å². The number of rotatable bonds is 11. The third kappa shape index (κ3) is 6.40. The lowest BCUT2D eigenvalue weighted by molar-refractivity contribution is -0.124. The van der Waals surface area contributed by atoms with E-state index in [2.05, 4.69) is 24.1 Å². The Bertz CT molecular complexity index is 832. The minimum Gasteiger partial charge on any atom is -0.493 e. The van der Waals surface area contributed by atoms with E-state index in [0.717, 1.165) is 24.3 Å². The summed E-state index contributed by atoms with van der Waals surface area (Å²) in [6.07, 6.45) is 0.618. The fourth-order valence-electron chi connectivity index (χ4n) is 3.04. The third-order valence-corrected chi connectivity index (χ3v) is 4.75. The van der Waals surface area contributed by atoms with E-state index >= 15 is 0 Å². The fourth-order valence-corrected chi connectivity index (χ4v) is 3.04. The van der Waals surface area contributed by atoms with Crippen LogP contribution in [0.25, 0.3) is 0 Å². The van der Waals surface area contributed by atoms with Crippen LogP contribution in [0.5, 0.6) is 11.5 Å². The highest BCUT2D eigenvalue weighted by Gasteiger charge is 2.11. The fraction of sp³-hybridized carbons (Fsp3) is 0.391. The van der Waals surface area contributed by atoms with Gasteiger partial charge in [-0.2, -0.15) is 0 Å². The number of carbonyl (C=O) groups is 2. The molecule has 0 saturated carbocycles. The molecule has 162 valence electrons. The van der Waals surface area contributed by atoms with E-state index in [1.54, 1.807) is 26.4 Å². The first-order chi connectivity index (χ1) is 14.5. The molecule has 1 amide bonds. The molecule has 1 N–H and O–H groups in total. The van der Waals surface area contributed by atoms with Crippen LogP contribution < -0.4 is 19.7 Å². The maximum absolute atomic E-state index is 12.2. The number of hydrogen-bond donors (Lipinski definition) is 1. The van der Waals surface area contributed by atoms with Gasteiger partial charge in [0.15, 0.2) is 18.1 Å². The molecule has 7 nitrogen and oxygen atoms in total. The lowest BCUT2D eigenvalue weighted by Gasteiger charge is -2.20. The van der Waals surface area contributed by atoms with Crippen molar-refractivity contribution in [2.45, 2.75) is 20.3 Å².